The first-order valence-electron chi connectivity index (χ1n) is 9.31. The summed E-state index contributed by atoms with van der Waals surface area (Å²) in [7, 11) is 3.24. The third kappa shape index (κ3) is 3.32. The predicted octanol–water partition coefficient (Wildman–Crippen LogP) is 2.39. The Morgan fingerprint density at radius 1 is 1.17 bits per heavy atom. The van der Waals surface area contributed by atoms with Crippen molar-refractivity contribution in [3.05, 3.63) is 81.4 Å². The number of methoxy groups -OCH3 is 1. The molecule has 8 nitrogen and oxygen atoms in total. The fourth-order valence-electron chi connectivity index (χ4n) is 3.48. The Hall–Kier alpha value is -3.94. The normalized spacial score (nSPS) is 12.6. The summed E-state index contributed by atoms with van der Waals surface area (Å²) in [6.45, 7) is 2.20. The molecule has 0 atom stereocenters. The first kappa shape index (κ1) is 19.4. The van der Waals surface area contributed by atoms with Crippen LogP contribution in [0.5, 0.6) is 5.88 Å². The van der Waals surface area contributed by atoms with E-state index < -0.39 is 11.5 Å². The van der Waals surface area contributed by atoms with Gasteiger partial charge in [0, 0.05) is 37.1 Å². The second-order valence-corrected chi connectivity index (χ2v) is 7.09. The highest BCUT2D eigenvalue weighted by Crippen LogP contribution is 2.25. The quantitative estimate of drug-likeness (QED) is 0.721. The second kappa shape index (κ2) is 7.47. The summed E-state index contributed by atoms with van der Waals surface area (Å²) in [5.41, 5.74) is 2.67. The Bertz CT molecular complexity index is 1210. The Morgan fingerprint density at radius 2 is 1.97 bits per heavy atom. The molecule has 3 heterocycles. The van der Waals surface area contributed by atoms with Crippen molar-refractivity contribution >= 4 is 17.5 Å². The molecule has 0 unspecified atom stereocenters. The average molecular weight is 404 g/mol. The summed E-state index contributed by atoms with van der Waals surface area (Å²) in [4.78, 5) is 43.7. The zero-order valence-electron chi connectivity index (χ0n) is 16.8. The van der Waals surface area contributed by atoms with Crippen LogP contribution in [0.4, 0.5) is 5.69 Å². The molecule has 1 N–H and O–H groups in total. The molecule has 1 aliphatic rings. The SMILES string of the molecule is COc1ccc(-n2ccc(C)c(C(=O)Nc3ccc4c(c3)CN(C)C4=O)c2=O)cn1. The van der Waals surface area contributed by atoms with Crippen LogP contribution in [0.1, 0.15) is 31.8 Å². The topological polar surface area (TPSA) is 93.5 Å². The maximum absolute atomic E-state index is 13.0. The second-order valence-electron chi connectivity index (χ2n) is 7.09. The number of pyridine rings is 2. The molecule has 152 valence electrons. The summed E-state index contributed by atoms with van der Waals surface area (Å²) in [5.74, 6) is -0.124. The lowest BCUT2D eigenvalue weighted by Gasteiger charge is -2.12. The average Bonchev–Trinajstić information content (AvgIpc) is 3.01. The van der Waals surface area contributed by atoms with Gasteiger partial charge in [-0.1, -0.05) is 0 Å². The maximum atomic E-state index is 13.0. The van der Waals surface area contributed by atoms with Gasteiger partial charge in [-0.3, -0.25) is 19.0 Å². The van der Waals surface area contributed by atoms with Crippen molar-refractivity contribution in [2.75, 3.05) is 19.5 Å². The number of benzene rings is 1. The number of hydrogen-bond acceptors (Lipinski definition) is 5. The van der Waals surface area contributed by atoms with Crippen LogP contribution in [0.25, 0.3) is 5.69 Å². The van der Waals surface area contributed by atoms with Gasteiger partial charge in [0.1, 0.15) is 5.56 Å². The minimum absolute atomic E-state index is 0.0435. The number of aryl methyl sites for hydroxylation is 1. The zero-order valence-corrected chi connectivity index (χ0v) is 16.8. The fraction of sp³-hybridized carbons (Fsp3) is 0.182. The molecule has 8 heteroatoms. The largest absolute Gasteiger partial charge is 0.481 e. The van der Waals surface area contributed by atoms with E-state index in [-0.39, 0.29) is 11.5 Å². The van der Waals surface area contributed by atoms with Crippen LogP contribution in [0.15, 0.2) is 53.6 Å². The molecule has 1 aromatic carbocycles. The van der Waals surface area contributed by atoms with Crippen molar-refractivity contribution < 1.29 is 14.3 Å². The molecule has 0 aliphatic carbocycles. The minimum Gasteiger partial charge on any atom is -0.481 e. The molecule has 0 radical (unpaired) electrons. The molecular formula is C22H20N4O4. The van der Waals surface area contributed by atoms with E-state index in [9.17, 15) is 14.4 Å². The summed E-state index contributed by atoms with van der Waals surface area (Å²) in [5, 5.41) is 2.78. The van der Waals surface area contributed by atoms with Gasteiger partial charge in [-0.05, 0) is 48.4 Å². The Morgan fingerprint density at radius 3 is 2.67 bits per heavy atom. The number of fused-ring (bicyclic) bond motifs is 1. The smallest absolute Gasteiger partial charge is 0.268 e. The number of anilines is 1. The van der Waals surface area contributed by atoms with Gasteiger partial charge >= 0.3 is 0 Å². The monoisotopic (exact) mass is 404 g/mol. The number of ether oxygens (including phenoxy) is 1. The molecule has 4 rings (SSSR count). The van der Waals surface area contributed by atoms with Crippen LogP contribution >= 0.6 is 0 Å². The van der Waals surface area contributed by atoms with Crippen molar-refractivity contribution in [3.8, 4) is 11.6 Å². The third-order valence-corrected chi connectivity index (χ3v) is 5.08. The number of nitrogens with one attached hydrogen (secondary N) is 1. The number of aromatic nitrogens is 2. The number of carbonyl (C=O) groups excluding carboxylic acids is 2. The van der Waals surface area contributed by atoms with Gasteiger partial charge in [0.2, 0.25) is 5.88 Å². The number of amides is 2. The van der Waals surface area contributed by atoms with Gasteiger partial charge in [0.15, 0.2) is 0 Å². The Labute approximate surface area is 172 Å². The van der Waals surface area contributed by atoms with E-state index in [1.165, 1.54) is 17.9 Å². The molecular weight excluding hydrogens is 384 g/mol. The van der Waals surface area contributed by atoms with Crippen molar-refractivity contribution in [2.24, 2.45) is 0 Å². The summed E-state index contributed by atoms with van der Waals surface area (Å²) in [6, 6.07) is 10.2. The highest BCUT2D eigenvalue weighted by molar-refractivity contribution is 6.05. The molecule has 3 aromatic rings. The molecule has 0 saturated heterocycles. The molecule has 0 spiro atoms. The molecule has 1 aliphatic heterocycles. The summed E-state index contributed by atoms with van der Waals surface area (Å²) >= 11 is 0. The molecule has 0 saturated carbocycles. The Balaban J connectivity index is 1.65. The van der Waals surface area contributed by atoms with E-state index in [2.05, 4.69) is 10.3 Å². The van der Waals surface area contributed by atoms with Crippen molar-refractivity contribution in [2.45, 2.75) is 13.5 Å². The van der Waals surface area contributed by atoms with Crippen LogP contribution in [-0.2, 0) is 6.54 Å². The van der Waals surface area contributed by atoms with Gasteiger partial charge < -0.3 is 15.0 Å². The fourth-order valence-corrected chi connectivity index (χ4v) is 3.48. The van der Waals surface area contributed by atoms with E-state index >= 15 is 0 Å². The van der Waals surface area contributed by atoms with Gasteiger partial charge in [0.05, 0.1) is 19.0 Å². The predicted molar refractivity (Wildman–Crippen MR) is 111 cm³/mol. The Kier molecular flexibility index (Phi) is 4.83. The zero-order chi connectivity index (χ0) is 21.4. The van der Waals surface area contributed by atoms with E-state index in [1.807, 2.05) is 0 Å². The van der Waals surface area contributed by atoms with Gasteiger partial charge in [0.25, 0.3) is 17.4 Å². The maximum Gasteiger partial charge on any atom is 0.268 e. The molecule has 0 bridgehead atoms. The van der Waals surface area contributed by atoms with E-state index in [1.54, 1.807) is 61.5 Å². The standard InChI is InChI=1S/C22H20N4O4/c1-13-8-9-26(16-5-7-18(30-3)23-11-16)22(29)19(13)20(27)24-15-4-6-17-14(10-15)12-25(2)21(17)28/h4-11H,12H2,1-3H3,(H,24,27). The lowest BCUT2D eigenvalue weighted by molar-refractivity contribution is 0.0816. The van der Waals surface area contributed by atoms with Crippen LogP contribution in [0, 0.1) is 6.92 Å². The van der Waals surface area contributed by atoms with Gasteiger partial charge in [-0.25, -0.2) is 4.98 Å². The molecule has 2 aromatic heterocycles. The highest BCUT2D eigenvalue weighted by atomic mass is 16.5. The number of nitrogens with zero attached hydrogens (tertiary/aromatic N) is 3. The van der Waals surface area contributed by atoms with Crippen LogP contribution in [0.3, 0.4) is 0 Å². The lowest BCUT2D eigenvalue weighted by atomic mass is 10.1. The van der Waals surface area contributed by atoms with E-state index in [4.69, 9.17) is 4.74 Å². The van der Waals surface area contributed by atoms with Gasteiger partial charge in [-0.15, -0.1) is 0 Å². The molecule has 0 fully saturated rings. The minimum atomic E-state index is -0.508. The third-order valence-electron chi connectivity index (χ3n) is 5.08. The first-order chi connectivity index (χ1) is 14.4. The number of hydrogen-bond donors (Lipinski definition) is 1. The van der Waals surface area contributed by atoms with Gasteiger partial charge in [-0.2, -0.15) is 0 Å². The van der Waals surface area contributed by atoms with Crippen molar-refractivity contribution in [1.29, 1.82) is 0 Å². The van der Waals surface area contributed by atoms with E-state index in [0.717, 1.165) is 5.56 Å². The van der Waals surface area contributed by atoms with Crippen LogP contribution in [-0.4, -0.2) is 40.4 Å². The first-order valence-corrected chi connectivity index (χ1v) is 9.31. The number of carbonyl (C=O) groups is 2. The van der Waals surface area contributed by atoms with Crippen molar-refractivity contribution in [3.63, 3.8) is 0 Å². The highest BCUT2D eigenvalue weighted by Gasteiger charge is 2.25. The molecule has 2 amide bonds. The summed E-state index contributed by atoms with van der Waals surface area (Å²) < 4.78 is 6.41. The summed E-state index contributed by atoms with van der Waals surface area (Å²) in [6.07, 6.45) is 3.11. The van der Waals surface area contributed by atoms with Crippen LogP contribution in [0.2, 0.25) is 0 Å². The van der Waals surface area contributed by atoms with Crippen molar-refractivity contribution in [1.82, 2.24) is 14.5 Å². The van der Waals surface area contributed by atoms with Crippen LogP contribution < -0.4 is 15.6 Å². The number of rotatable bonds is 4. The molecule has 30 heavy (non-hydrogen) atoms. The lowest BCUT2D eigenvalue weighted by Crippen LogP contribution is -2.29. The van der Waals surface area contributed by atoms with E-state index in [0.29, 0.717) is 34.9 Å².